The first-order valence-electron chi connectivity index (χ1n) is 1.55. The Labute approximate surface area is 54.9 Å². The number of primary amides is 1. The van der Waals surface area contributed by atoms with Crippen molar-refractivity contribution < 1.29 is 4.79 Å². The fourth-order valence-corrected chi connectivity index (χ4v) is 0.0821. The zero-order valence-electron chi connectivity index (χ0n) is 3.52. The SMILES string of the molecule is N/C=C(/I)C(N)=O. The van der Waals surface area contributed by atoms with Crippen molar-refractivity contribution in [2.45, 2.75) is 0 Å². The normalized spacial score (nSPS) is 11.3. The molecule has 0 bridgehead atoms. The highest BCUT2D eigenvalue weighted by molar-refractivity contribution is 14.1. The van der Waals surface area contributed by atoms with E-state index < -0.39 is 5.91 Å². The van der Waals surface area contributed by atoms with Gasteiger partial charge in [-0.25, -0.2) is 0 Å². The topological polar surface area (TPSA) is 69.1 Å². The first kappa shape index (κ1) is 6.74. The van der Waals surface area contributed by atoms with Crippen molar-refractivity contribution in [3.63, 3.8) is 0 Å². The molecular weight excluding hydrogens is 207 g/mol. The molecule has 0 aromatic rings. The molecule has 0 aromatic carbocycles. The second-order valence-electron chi connectivity index (χ2n) is 0.879. The van der Waals surface area contributed by atoms with Crippen LogP contribution in [0.25, 0.3) is 0 Å². The quantitative estimate of drug-likeness (QED) is 0.463. The maximum Gasteiger partial charge on any atom is 0.256 e. The second kappa shape index (κ2) is 2.84. The molecule has 0 aliphatic heterocycles. The minimum Gasteiger partial charge on any atom is -0.404 e. The van der Waals surface area contributed by atoms with E-state index in [9.17, 15) is 4.79 Å². The van der Waals surface area contributed by atoms with Gasteiger partial charge in [-0.1, -0.05) is 0 Å². The smallest absolute Gasteiger partial charge is 0.256 e. The van der Waals surface area contributed by atoms with Gasteiger partial charge in [0.25, 0.3) is 5.91 Å². The van der Waals surface area contributed by atoms with Gasteiger partial charge in [-0.2, -0.15) is 0 Å². The summed E-state index contributed by atoms with van der Waals surface area (Å²) in [5.41, 5.74) is 9.65. The Morgan fingerprint density at radius 2 is 2.14 bits per heavy atom. The monoisotopic (exact) mass is 212 g/mol. The molecule has 3 nitrogen and oxygen atoms in total. The van der Waals surface area contributed by atoms with Crippen LogP contribution >= 0.6 is 22.6 Å². The molecule has 0 radical (unpaired) electrons. The van der Waals surface area contributed by atoms with Gasteiger partial charge in [-0.3, -0.25) is 4.79 Å². The lowest BCUT2D eigenvalue weighted by Gasteiger charge is -1.83. The Morgan fingerprint density at radius 1 is 1.71 bits per heavy atom. The van der Waals surface area contributed by atoms with Crippen molar-refractivity contribution in [2.24, 2.45) is 11.5 Å². The molecule has 1 amide bonds. The number of carbonyl (C=O) groups is 1. The Kier molecular flexibility index (Phi) is 2.73. The van der Waals surface area contributed by atoms with E-state index in [1.807, 2.05) is 0 Å². The highest BCUT2D eigenvalue weighted by Gasteiger charge is 1.93. The van der Waals surface area contributed by atoms with Crippen LogP contribution in [0.4, 0.5) is 0 Å². The van der Waals surface area contributed by atoms with Gasteiger partial charge in [-0.05, 0) is 22.6 Å². The fraction of sp³-hybridized carbons (Fsp3) is 0. The summed E-state index contributed by atoms with van der Waals surface area (Å²) in [5.74, 6) is -0.483. The summed E-state index contributed by atoms with van der Waals surface area (Å²) in [4.78, 5) is 10.00. The molecule has 0 aliphatic carbocycles. The van der Waals surface area contributed by atoms with Crippen molar-refractivity contribution in [3.05, 3.63) is 9.78 Å². The van der Waals surface area contributed by atoms with Gasteiger partial charge in [0, 0.05) is 6.20 Å². The Morgan fingerprint density at radius 3 is 2.14 bits per heavy atom. The summed E-state index contributed by atoms with van der Waals surface area (Å²) in [5, 5.41) is 0. The number of carbonyl (C=O) groups excluding carboxylic acids is 1. The lowest BCUT2D eigenvalue weighted by Crippen LogP contribution is -2.10. The molecule has 0 fully saturated rings. The van der Waals surface area contributed by atoms with Gasteiger partial charge in [0.2, 0.25) is 0 Å². The summed E-state index contributed by atoms with van der Waals surface area (Å²) in [6.07, 6.45) is 1.17. The standard InChI is InChI=1S/C3H5IN2O/c4-2(1-5)3(6)7/h1H,5H2,(H2,6,7)/b2-1+. The van der Waals surface area contributed by atoms with Crippen LogP contribution < -0.4 is 11.5 Å². The predicted molar refractivity (Wildman–Crippen MR) is 35.5 cm³/mol. The van der Waals surface area contributed by atoms with Gasteiger partial charge in [0.1, 0.15) is 0 Å². The summed E-state index contributed by atoms with van der Waals surface area (Å²) < 4.78 is 0.359. The Balaban J connectivity index is 3.82. The van der Waals surface area contributed by atoms with E-state index in [0.717, 1.165) is 0 Å². The second-order valence-corrected chi connectivity index (χ2v) is 2.04. The average molecular weight is 212 g/mol. The highest BCUT2D eigenvalue weighted by Crippen LogP contribution is 1.99. The van der Waals surface area contributed by atoms with Gasteiger partial charge in [0.15, 0.2) is 0 Å². The first-order valence-corrected chi connectivity index (χ1v) is 2.63. The summed E-state index contributed by atoms with van der Waals surface area (Å²) in [7, 11) is 0. The molecule has 0 aromatic heterocycles. The van der Waals surface area contributed by atoms with E-state index in [-0.39, 0.29) is 0 Å². The number of halogens is 1. The molecule has 0 saturated heterocycles. The Hall–Kier alpha value is -0.260. The van der Waals surface area contributed by atoms with Gasteiger partial charge >= 0.3 is 0 Å². The first-order chi connectivity index (χ1) is 3.18. The van der Waals surface area contributed by atoms with Crippen LogP contribution in [0.15, 0.2) is 9.78 Å². The number of rotatable bonds is 1. The summed E-state index contributed by atoms with van der Waals surface area (Å²) in [6.45, 7) is 0. The number of hydrogen-bond acceptors (Lipinski definition) is 2. The predicted octanol–water partition coefficient (Wildman–Crippen LogP) is -0.293. The van der Waals surface area contributed by atoms with E-state index in [4.69, 9.17) is 11.5 Å². The summed E-state index contributed by atoms with van der Waals surface area (Å²) in [6, 6.07) is 0. The van der Waals surface area contributed by atoms with Crippen molar-refractivity contribution in [1.29, 1.82) is 0 Å². The summed E-state index contributed by atoms with van der Waals surface area (Å²) >= 11 is 1.76. The van der Waals surface area contributed by atoms with Gasteiger partial charge < -0.3 is 11.5 Å². The zero-order chi connectivity index (χ0) is 5.86. The van der Waals surface area contributed by atoms with Crippen molar-refractivity contribution in [1.82, 2.24) is 0 Å². The van der Waals surface area contributed by atoms with E-state index in [1.165, 1.54) is 6.20 Å². The average Bonchev–Trinajstić information content (AvgIpc) is 1.65. The lowest BCUT2D eigenvalue weighted by molar-refractivity contribution is -0.113. The third-order valence-electron chi connectivity index (χ3n) is 0.382. The number of hydrogen-bond donors (Lipinski definition) is 2. The van der Waals surface area contributed by atoms with Crippen molar-refractivity contribution >= 4 is 28.5 Å². The van der Waals surface area contributed by atoms with Crippen LogP contribution in [0.2, 0.25) is 0 Å². The Bertz CT molecular complexity index is 110. The molecule has 0 atom stereocenters. The molecule has 4 heteroatoms. The van der Waals surface area contributed by atoms with E-state index >= 15 is 0 Å². The molecule has 40 valence electrons. The highest BCUT2D eigenvalue weighted by atomic mass is 127. The molecule has 0 aliphatic rings. The third kappa shape index (κ3) is 2.44. The molecule has 0 unspecified atom stereocenters. The third-order valence-corrected chi connectivity index (χ3v) is 1.27. The fourth-order valence-electron chi connectivity index (χ4n) is 0.0821. The molecule has 7 heavy (non-hydrogen) atoms. The number of amides is 1. The van der Waals surface area contributed by atoms with E-state index in [2.05, 4.69) is 0 Å². The van der Waals surface area contributed by atoms with Crippen molar-refractivity contribution in [3.8, 4) is 0 Å². The molecule has 4 N–H and O–H groups in total. The van der Waals surface area contributed by atoms with Crippen LogP contribution in [0.3, 0.4) is 0 Å². The molecule has 0 saturated carbocycles. The molecule has 0 heterocycles. The maximum atomic E-state index is 10.00. The number of nitrogens with two attached hydrogens (primary N) is 2. The van der Waals surface area contributed by atoms with Crippen LogP contribution in [-0.2, 0) is 4.79 Å². The van der Waals surface area contributed by atoms with Crippen LogP contribution in [-0.4, -0.2) is 5.91 Å². The minimum absolute atomic E-state index is 0.359. The lowest BCUT2D eigenvalue weighted by atomic mass is 10.6. The van der Waals surface area contributed by atoms with Gasteiger partial charge in [-0.15, -0.1) is 0 Å². The molecule has 0 spiro atoms. The van der Waals surface area contributed by atoms with Gasteiger partial charge in [0.05, 0.1) is 3.58 Å². The molecular formula is C3H5IN2O. The van der Waals surface area contributed by atoms with Crippen LogP contribution in [0, 0.1) is 0 Å². The van der Waals surface area contributed by atoms with E-state index in [1.54, 1.807) is 22.6 Å². The largest absolute Gasteiger partial charge is 0.404 e. The van der Waals surface area contributed by atoms with Crippen molar-refractivity contribution in [2.75, 3.05) is 0 Å². The maximum absolute atomic E-state index is 10.00. The molecule has 0 rings (SSSR count). The minimum atomic E-state index is -0.483. The van der Waals surface area contributed by atoms with E-state index in [0.29, 0.717) is 3.58 Å². The van der Waals surface area contributed by atoms with Crippen LogP contribution in [0.5, 0.6) is 0 Å². The van der Waals surface area contributed by atoms with Crippen LogP contribution in [0.1, 0.15) is 0 Å². The zero-order valence-corrected chi connectivity index (χ0v) is 5.68.